The summed E-state index contributed by atoms with van der Waals surface area (Å²) < 4.78 is 1.91. The van der Waals surface area contributed by atoms with Crippen LogP contribution >= 0.6 is 0 Å². The molecule has 0 amide bonds. The lowest BCUT2D eigenvalue weighted by Gasteiger charge is -2.07. The van der Waals surface area contributed by atoms with Crippen molar-refractivity contribution in [2.24, 2.45) is 0 Å². The van der Waals surface area contributed by atoms with Crippen molar-refractivity contribution in [3.63, 3.8) is 0 Å². The second-order valence-electron chi connectivity index (χ2n) is 4.08. The van der Waals surface area contributed by atoms with Crippen LogP contribution in [0.3, 0.4) is 0 Å². The van der Waals surface area contributed by atoms with Crippen molar-refractivity contribution >= 4 is 5.78 Å². The number of hydrogen-bond donors (Lipinski definition) is 0. The molecule has 0 aliphatic heterocycles. The molecule has 1 heterocycles. The number of carbonyl (C=O) groups is 1. The Morgan fingerprint density at radius 2 is 1.94 bits per heavy atom. The van der Waals surface area contributed by atoms with Gasteiger partial charge in [-0.25, -0.2) is 0 Å². The maximum atomic E-state index is 11.7. The number of aromatic nitrogens is 1. The summed E-state index contributed by atoms with van der Waals surface area (Å²) in [5, 5.41) is 8.55. The SMILES string of the molecule is N#CCC(=O)c1cccn1CCc1ccccc1. The van der Waals surface area contributed by atoms with Crippen LogP contribution in [0.15, 0.2) is 48.7 Å². The molecule has 0 aliphatic rings. The van der Waals surface area contributed by atoms with E-state index in [0.717, 1.165) is 13.0 Å². The molecule has 1 aromatic carbocycles. The normalized spacial score (nSPS) is 9.94. The largest absolute Gasteiger partial charge is 0.345 e. The Balaban J connectivity index is 2.05. The minimum atomic E-state index is -0.115. The van der Waals surface area contributed by atoms with E-state index in [0.29, 0.717) is 5.69 Å². The quantitative estimate of drug-likeness (QED) is 0.752. The molecule has 2 rings (SSSR count). The number of nitriles is 1. The molecule has 18 heavy (non-hydrogen) atoms. The summed E-state index contributed by atoms with van der Waals surface area (Å²) in [4.78, 5) is 11.7. The predicted octanol–water partition coefficient (Wildman–Crippen LogP) is 2.83. The van der Waals surface area contributed by atoms with Gasteiger partial charge in [0.1, 0.15) is 6.42 Å². The highest BCUT2D eigenvalue weighted by Crippen LogP contribution is 2.08. The smallest absolute Gasteiger partial charge is 0.193 e. The van der Waals surface area contributed by atoms with Gasteiger partial charge in [-0.1, -0.05) is 30.3 Å². The van der Waals surface area contributed by atoms with E-state index in [1.807, 2.05) is 41.1 Å². The van der Waals surface area contributed by atoms with E-state index in [1.165, 1.54) is 5.56 Å². The van der Waals surface area contributed by atoms with Gasteiger partial charge >= 0.3 is 0 Å². The Bertz CT molecular complexity index is 564. The molecule has 90 valence electrons. The molecule has 0 bridgehead atoms. The van der Waals surface area contributed by atoms with Crippen LogP contribution < -0.4 is 0 Å². The summed E-state index contributed by atoms with van der Waals surface area (Å²) in [5.74, 6) is -0.115. The summed E-state index contributed by atoms with van der Waals surface area (Å²) in [5.41, 5.74) is 1.86. The molecular weight excluding hydrogens is 224 g/mol. The summed E-state index contributed by atoms with van der Waals surface area (Å²) >= 11 is 0. The number of ketones is 1. The van der Waals surface area contributed by atoms with E-state index >= 15 is 0 Å². The van der Waals surface area contributed by atoms with Crippen molar-refractivity contribution in [1.29, 1.82) is 5.26 Å². The highest BCUT2D eigenvalue weighted by Gasteiger charge is 2.09. The number of hydrogen-bond acceptors (Lipinski definition) is 2. The van der Waals surface area contributed by atoms with Gasteiger partial charge in [-0.3, -0.25) is 4.79 Å². The van der Waals surface area contributed by atoms with Gasteiger partial charge in [0.25, 0.3) is 0 Å². The molecular formula is C15H14N2O. The molecule has 0 N–H and O–H groups in total. The molecule has 0 saturated carbocycles. The van der Waals surface area contributed by atoms with Gasteiger partial charge in [-0.2, -0.15) is 5.26 Å². The van der Waals surface area contributed by atoms with Crippen molar-refractivity contribution < 1.29 is 4.79 Å². The number of Topliss-reactive ketones (excluding diaryl/α,β-unsaturated/α-hetero) is 1. The molecule has 3 nitrogen and oxygen atoms in total. The van der Waals surface area contributed by atoms with Gasteiger partial charge in [-0.05, 0) is 24.1 Å². The molecule has 0 unspecified atom stereocenters. The number of nitrogens with zero attached hydrogens (tertiary/aromatic N) is 2. The highest BCUT2D eigenvalue weighted by atomic mass is 16.1. The van der Waals surface area contributed by atoms with Gasteiger partial charge in [-0.15, -0.1) is 0 Å². The first kappa shape index (κ1) is 12.1. The Hall–Kier alpha value is -2.34. The summed E-state index contributed by atoms with van der Waals surface area (Å²) in [6.45, 7) is 0.753. The fraction of sp³-hybridized carbons (Fsp3) is 0.200. The molecule has 1 aromatic heterocycles. The second-order valence-corrected chi connectivity index (χ2v) is 4.08. The minimum Gasteiger partial charge on any atom is -0.345 e. The topological polar surface area (TPSA) is 45.8 Å². The lowest BCUT2D eigenvalue weighted by molar-refractivity contribution is 0.0989. The molecule has 0 fully saturated rings. The Kier molecular flexibility index (Phi) is 3.93. The van der Waals surface area contributed by atoms with Crippen LogP contribution in [0.4, 0.5) is 0 Å². The van der Waals surface area contributed by atoms with Crippen molar-refractivity contribution in [2.45, 2.75) is 19.4 Å². The third-order valence-corrected chi connectivity index (χ3v) is 2.84. The zero-order valence-electron chi connectivity index (χ0n) is 10.0. The van der Waals surface area contributed by atoms with Crippen LogP contribution in [-0.4, -0.2) is 10.4 Å². The van der Waals surface area contributed by atoms with Crippen LogP contribution in [-0.2, 0) is 13.0 Å². The number of carbonyl (C=O) groups excluding carboxylic acids is 1. The molecule has 0 spiro atoms. The van der Waals surface area contributed by atoms with Gasteiger partial charge < -0.3 is 4.57 Å². The third-order valence-electron chi connectivity index (χ3n) is 2.84. The average Bonchev–Trinajstić information content (AvgIpc) is 2.86. The van der Waals surface area contributed by atoms with Crippen LogP contribution in [0.2, 0.25) is 0 Å². The molecule has 0 radical (unpaired) electrons. The van der Waals surface area contributed by atoms with Crippen molar-refractivity contribution in [3.8, 4) is 6.07 Å². The minimum absolute atomic E-state index is 0.0602. The van der Waals surface area contributed by atoms with Crippen molar-refractivity contribution in [1.82, 2.24) is 4.57 Å². The fourth-order valence-electron chi connectivity index (χ4n) is 1.92. The summed E-state index contributed by atoms with van der Waals surface area (Å²) in [6.07, 6.45) is 2.70. The van der Waals surface area contributed by atoms with Crippen LogP contribution in [0.5, 0.6) is 0 Å². The first-order valence-electron chi connectivity index (χ1n) is 5.90. The first-order valence-corrected chi connectivity index (χ1v) is 5.90. The fourth-order valence-corrected chi connectivity index (χ4v) is 1.92. The molecule has 3 heteroatoms. The zero-order chi connectivity index (χ0) is 12.8. The maximum Gasteiger partial charge on any atom is 0.193 e. The first-order chi connectivity index (χ1) is 8.81. The number of benzene rings is 1. The molecule has 2 aromatic rings. The Morgan fingerprint density at radius 3 is 2.67 bits per heavy atom. The maximum absolute atomic E-state index is 11.7. The van der Waals surface area contributed by atoms with Crippen molar-refractivity contribution in [2.75, 3.05) is 0 Å². The van der Waals surface area contributed by atoms with E-state index < -0.39 is 0 Å². The lowest BCUT2D eigenvalue weighted by atomic mass is 10.1. The molecule has 0 atom stereocenters. The lowest BCUT2D eigenvalue weighted by Crippen LogP contribution is -2.09. The highest BCUT2D eigenvalue weighted by molar-refractivity contribution is 5.95. The molecule has 0 aliphatic carbocycles. The monoisotopic (exact) mass is 238 g/mol. The number of aryl methyl sites for hydroxylation is 2. The standard InChI is InChI=1S/C15H14N2O/c16-10-8-15(18)14-7-4-11-17(14)12-9-13-5-2-1-3-6-13/h1-7,11H,8-9,12H2. The van der Waals surface area contributed by atoms with Gasteiger partial charge in [0.15, 0.2) is 5.78 Å². The second kappa shape index (κ2) is 5.83. The Morgan fingerprint density at radius 1 is 1.17 bits per heavy atom. The third kappa shape index (κ3) is 2.86. The molecule has 0 saturated heterocycles. The average molecular weight is 238 g/mol. The summed E-state index contributed by atoms with van der Waals surface area (Å²) in [6, 6.07) is 15.6. The van der Waals surface area contributed by atoms with E-state index in [1.54, 1.807) is 6.07 Å². The van der Waals surface area contributed by atoms with E-state index in [4.69, 9.17) is 5.26 Å². The zero-order valence-corrected chi connectivity index (χ0v) is 10.0. The van der Waals surface area contributed by atoms with E-state index in [-0.39, 0.29) is 12.2 Å². The predicted molar refractivity (Wildman–Crippen MR) is 69.1 cm³/mol. The van der Waals surface area contributed by atoms with Crippen LogP contribution in [0.25, 0.3) is 0 Å². The van der Waals surface area contributed by atoms with Crippen LogP contribution in [0, 0.1) is 11.3 Å². The van der Waals surface area contributed by atoms with E-state index in [9.17, 15) is 4.79 Å². The van der Waals surface area contributed by atoms with Crippen LogP contribution in [0.1, 0.15) is 22.5 Å². The van der Waals surface area contributed by atoms with Gasteiger partial charge in [0, 0.05) is 12.7 Å². The van der Waals surface area contributed by atoms with Gasteiger partial charge in [0.2, 0.25) is 0 Å². The van der Waals surface area contributed by atoms with E-state index in [2.05, 4.69) is 12.1 Å². The van der Waals surface area contributed by atoms with Gasteiger partial charge in [0.05, 0.1) is 11.8 Å². The Labute approximate surface area is 106 Å². The number of rotatable bonds is 5. The van der Waals surface area contributed by atoms with Crippen molar-refractivity contribution in [3.05, 3.63) is 59.9 Å². The summed E-state index contributed by atoms with van der Waals surface area (Å²) in [7, 11) is 0.